The summed E-state index contributed by atoms with van der Waals surface area (Å²) in [6, 6.07) is 14.8. The first-order valence-electron chi connectivity index (χ1n) is 8.12. The van der Waals surface area contributed by atoms with Crippen LogP contribution in [0, 0.1) is 5.41 Å². The number of nitrogens with one attached hydrogen (secondary N) is 1. The van der Waals surface area contributed by atoms with E-state index >= 15 is 0 Å². The van der Waals surface area contributed by atoms with E-state index in [1.54, 1.807) is 0 Å². The van der Waals surface area contributed by atoms with Gasteiger partial charge in [0.1, 0.15) is 5.69 Å². The van der Waals surface area contributed by atoms with Crippen molar-refractivity contribution in [3.63, 3.8) is 0 Å². The summed E-state index contributed by atoms with van der Waals surface area (Å²) < 4.78 is 6.81. The van der Waals surface area contributed by atoms with Crippen molar-refractivity contribution in [3.05, 3.63) is 63.6 Å². The molecule has 4 rings (SSSR count). The molecule has 1 aliphatic rings. The summed E-state index contributed by atoms with van der Waals surface area (Å²) in [7, 11) is 0. The van der Waals surface area contributed by atoms with Gasteiger partial charge in [-0.15, -0.1) is 0 Å². The fourth-order valence-electron chi connectivity index (χ4n) is 3.30. The van der Waals surface area contributed by atoms with E-state index in [4.69, 9.17) is 9.93 Å². The molecule has 2 aromatic carbocycles. The van der Waals surface area contributed by atoms with Crippen molar-refractivity contribution in [3.8, 4) is 22.6 Å². The first-order valence-corrected chi connectivity index (χ1v) is 8.91. The van der Waals surface area contributed by atoms with Gasteiger partial charge in [-0.05, 0) is 61.2 Å². The summed E-state index contributed by atoms with van der Waals surface area (Å²) in [5, 5.41) is 11.5. The molecule has 0 fully saturated rings. The van der Waals surface area contributed by atoms with Gasteiger partial charge in [0.2, 0.25) is 0 Å². The molecule has 120 valence electrons. The van der Waals surface area contributed by atoms with E-state index in [2.05, 4.69) is 57.5 Å². The van der Waals surface area contributed by atoms with Crippen molar-refractivity contribution in [2.75, 3.05) is 0 Å². The molecule has 0 spiro atoms. The first kappa shape index (κ1) is 15.3. The highest BCUT2D eigenvalue weighted by Gasteiger charge is 2.25. The largest absolute Gasteiger partial charge is 0.355 e. The fourth-order valence-corrected chi connectivity index (χ4v) is 3.71. The fraction of sp³-hybridized carbons (Fsp3) is 0.200. The summed E-state index contributed by atoms with van der Waals surface area (Å²) in [5.74, 6) is 0.909. The van der Waals surface area contributed by atoms with Gasteiger partial charge in [-0.1, -0.05) is 45.4 Å². The average Bonchev–Trinajstić information content (AvgIpc) is 3.04. The maximum absolute atomic E-state index is 7.13. The minimum atomic E-state index is 0.783. The molecule has 1 N–H and O–H groups in total. The normalized spacial score (nSPS) is 12.5. The maximum Gasteiger partial charge on any atom is 0.170 e. The Labute approximate surface area is 149 Å². The second-order valence-corrected chi connectivity index (χ2v) is 7.00. The molecule has 0 saturated heterocycles. The zero-order chi connectivity index (χ0) is 16.5. The number of hydrogen-bond acceptors (Lipinski definition) is 3. The first-order chi connectivity index (χ1) is 11.8. The molecule has 0 atom stereocenters. The molecule has 4 heteroatoms. The van der Waals surface area contributed by atoms with Gasteiger partial charge in [-0.3, -0.25) is 0 Å². The van der Waals surface area contributed by atoms with E-state index in [0.717, 1.165) is 52.7 Å². The van der Waals surface area contributed by atoms with Crippen molar-refractivity contribution < 1.29 is 4.52 Å². The molecule has 24 heavy (non-hydrogen) atoms. The number of hydrogen-bond donors (Lipinski definition) is 1. The van der Waals surface area contributed by atoms with E-state index < -0.39 is 0 Å². The minimum absolute atomic E-state index is 0.783. The topological polar surface area (TPSA) is 49.9 Å². The molecule has 1 aliphatic carbocycles. The third kappa shape index (κ3) is 2.71. The molecule has 3 nitrogen and oxygen atoms in total. The number of fused-ring (bicyclic) bond motifs is 3. The monoisotopic (exact) mass is 380 g/mol. The Balaban J connectivity index is 1.70. The number of aromatic nitrogens is 1. The van der Waals surface area contributed by atoms with Gasteiger partial charge in [-0.25, -0.2) is 0 Å². The number of rotatable bonds is 4. The molecule has 0 unspecified atom stereocenters. The van der Waals surface area contributed by atoms with Crippen LogP contribution < -0.4 is 0 Å². The molecule has 1 aromatic heterocycles. The highest BCUT2D eigenvalue weighted by atomic mass is 79.9. The van der Waals surface area contributed by atoms with Crippen LogP contribution in [0.5, 0.6) is 0 Å². The number of benzene rings is 2. The molecule has 3 aromatic rings. The lowest BCUT2D eigenvalue weighted by atomic mass is 9.88. The van der Waals surface area contributed by atoms with Crippen molar-refractivity contribution in [1.82, 2.24) is 5.16 Å². The molecule has 0 bridgehead atoms. The van der Waals surface area contributed by atoms with Crippen LogP contribution in [0.2, 0.25) is 0 Å². The Morgan fingerprint density at radius 3 is 2.75 bits per heavy atom. The lowest BCUT2D eigenvalue weighted by Gasteiger charge is -2.15. The predicted molar refractivity (Wildman–Crippen MR) is 99.6 cm³/mol. The summed E-state index contributed by atoms with van der Waals surface area (Å²) in [4.78, 5) is 0. The molecular weight excluding hydrogens is 364 g/mol. The van der Waals surface area contributed by atoms with Gasteiger partial charge in [0.25, 0.3) is 0 Å². The third-order valence-electron chi connectivity index (χ3n) is 4.55. The standard InChI is InChI=1S/C20H17BrN2O/c21-16-8-10-17-15(12-16)7-9-18-19(23-24-20(17)18)14-5-3-13(4-6-14)2-1-11-22/h3-6,8,10-12,22H,1-2,7,9H2. The van der Waals surface area contributed by atoms with Gasteiger partial charge < -0.3 is 9.93 Å². The smallest absolute Gasteiger partial charge is 0.170 e. The lowest BCUT2D eigenvalue weighted by Crippen LogP contribution is -2.02. The third-order valence-corrected chi connectivity index (χ3v) is 5.04. The Morgan fingerprint density at radius 2 is 1.96 bits per heavy atom. The molecule has 0 aliphatic heterocycles. The second-order valence-electron chi connectivity index (χ2n) is 6.08. The van der Waals surface area contributed by atoms with Gasteiger partial charge in [-0.2, -0.15) is 0 Å². The van der Waals surface area contributed by atoms with Crippen LogP contribution in [0.4, 0.5) is 0 Å². The average molecular weight is 381 g/mol. The van der Waals surface area contributed by atoms with Crippen molar-refractivity contribution in [2.45, 2.75) is 25.7 Å². The van der Waals surface area contributed by atoms with Crippen molar-refractivity contribution in [2.24, 2.45) is 0 Å². The van der Waals surface area contributed by atoms with Crippen LogP contribution in [0.3, 0.4) is 0 Å². The van der Waals surface area contributed by atoms with Gasteiger partial charge in [0.05, 0.1) is 0 Å². The molecule has 0 radical (unpaired) electrons. The minimum Gasteiger partial charge on any atom is -0.355 e. The maximum atomic E-state index is 7.13. The lowest BCUT2D eigenvalue weighted by molar-refractivity contribution is 0.433. The zero-order valence-corrected chi connectivity index (χ0v) is 14.8. The Hall–Kier alpha value is -2.20. The van der Waals surface area contributed by atoms with Crippen LogP contribution in [0.25, 0.3) is 22.6 Å². The quantitative estimate of drug-likeness (QED) is 0.611. The number of aryl methyl sites for hydroxylation is 2. The summed E-state index contributed by atoms with van der Waals surface area (Å²) in [6.07, 6.45) is 5.10. The van der Waals surface area contributed by atoms with Crippen LogP contribution in [0.1, 0.15) is 23.1 Å². The molecule has 0 saturated carbocycles. The number of nitrogens with zero attached hydrogens (tertiary/aromatic N) is 1. The highest BCUT2D eigenvalue weighted by Crippen LogP contribution is 2.39. The van der Waals surface area contributed by atoms with Crippen molar-refractivity contribution >= 4 is 22.1 Å². The predicted octanol–water partition coefficient (Wildman–Crippen LogP) is 5.45. The zero-order valence-electron chi connectivity index (χ0n) is 13.2. The van der Waals surface area contributed by atoms with Gasteiger partial charge in [0.15, 0.2) is 5.76 Å². The van der Waals surface area contributed by atoms with E-state index in [1.807, 2.05) is 6.07 Å². The SMILES string of the molecule is N=CCCc1ccc(-c2noc3c2CCc2cc(Br)ccc2-3)cc1. The second kappa shape index (κ2) is 6.36. The van der Waals surface area contributed by atoms with E-state index in [-0.39, 0.29) is 0 Å². The Morgan fingerprint density at radius 1 is 1.12 bits per heavy atom. The summed E-state index contributed by atoms with van der Waals surface area (Å²) in [6.45, 7) is 0. The summed E-state index contributed by atoms with van der Waals surface area (Å²) >= 11 is 3.54. The molecular formula is C20H17BrN2O. The van der Waals surface area contributed by atoms with Gasteiger partial charge >= 0.3 is 0 Å². The van der Waals surface area contributed by atoms with Gasteiger partial charge in [0, 0.05) is 21.2 Å². The summed E-state index contributed by atoms with van der Waals surface area (Å²) in [5.41, 5.74) is 6.96. The van der Waals surface area contributed by atoms with Crippen LogP contribution in [0.15, 0.2) is 51.5 Å². The van der Waals surface area contributed by atoms with E-state index in [0.29, 0.717) is 0 Å². The Bertz CT molecular complexity index is 897. The van der Waals surface area contributed by atoms with Crippen LogP contribution >= 0.6 is 15.9 Å². The Kier molecular flexibility index (Phi) is 4.07. The van der Waals surface area contributed by atoms with Crippen LogP contribution in [-0.2, 0) is 19.3 Å². The van der Waals surface area contributed by atoms with Crippen LogP contribution in [-0.4, -0.2) is 11.4 Å². The van der Waals surface area contributed by atoms with E-state index in [1.165, 1.54) is 22.9 Å². The van der Waals surface area contributed by atoms with E-state index in [9.17, 15) is 0 Å². The number of halogens is 1. The molecule has 0 amide bonds. The molecule has 1 heterocycles. The highest BCUT2D eigenvalue weighted by molar-refractivity contribution is 9.10. The van der Waals surface area contributed by atoms with Crippen molar-refractivity contribution in [1.29, 1.82) is 5.41 Å².